The maximum atomic E-state index is 13.1. The van der Waals surface area contributed by atoms with E-state index in [1.807, 2.05) is 6.08 Å². The number of nitrogens with one attached hydrogen (secondary N) is 1. The van der Waals surface area contributed by atoms with Crippen LogP contribution in [0.15, 0.2) is 48.6 Å². The minimum atomic E-state index is -0.246. The van der Waals surface area contributed by atoms with Gasteiger partial charge in [-0.2, -0.15) is 15.4 Å². The topological polar surface area (TPSA) is 41.6 Å². The molecule has 1 N–H and O–H groups in total. The average molecular weight is 269 g/mol. The van der Waals surface area contributed by atoms with Gasteiger partial charge < -0.3 is 0 Å². The molecule has 20 heavy (non-hydrogen) atoms. The standard InChI is InChI=1S/C16H16FN3/c1-2-16(10-4-3-5-11-16)15-14(18-20-19-15)12-6-8-13(17)9-7-12/h3-10H,2,11H2,1H3,(H,18,19,20). The zero-order valence-electron chi connectivity index (χ0n) is 11.3. The highest BCUT2D eigenvalue weighted by molar-refractivity contribution is 5.63. The Labute approximate surface area is 117 Å². The SMILES string of the molecule is CCC1(c2n[nH]nc2-c2ccc(F)cc2)C=CC=CC1. The Balaban J connectivity index is 2.08. The second-order valence-corrected chi connectivity index (χ2v) is 5.03. The molecular formula is C16H16FN3. The first-order valence-electron chi connectivity index (χ1n) is 6.77. The van der Waals surface area contributed by atoms with Crippen molar-refractivity contribution in [2.75, 3.05) is 0 Å². The minimum Gasteiger partial charge on any atom is -0.207 e. The molecule has 3 nitrogen and oxygen atoms in total. The molecule has 1 aromatic carbocycles. The quantitative estimate of drug-likeness (QED) is 0.921. The first-order chi connectivity index (χ1) is 9.75. The smallest absolute Gasteiger partial charge is 0.123 e. The zero-order valence-corrected chi connectivity index (χ0v) is 11.3. The van der Waals surface area contributed by atoms with Gasteiger partial charge in [-0.1, -0.05) is 31.2 Å². The van der Waals surface area contributed by atoms with Crippen LogP contribution in [-0.2, 0) is 5.41 Å². The van der Waals surface area contributed by atoms with Crippen LogP contribution in [0.25, 0.3) is 11.3 Å². The fourth-order valence-electron chi connectivity index (χ4n) is 2.66. The van der Waals surface area contributed by atoms with Crippen LogP contribution in [0.5, 0.6) is 0 Å². The summed E-state index contributed by atoms with van der Waals surface area (Å²) >= 11 is 0. The fourth-order valence-corrected chi connectivity index (χ4v) is 2.66. The Morgan fingerprint density at radius 3 is 2.65 bits per heavy atom. The monoisotopic (exact) mass is 269 g/mol. The number of hydrogen-bond donors (Lipinski definition) is 1. The highest BCUT2D eigenvalue weighted by Crippen LogP contribution is 2.38. The first kappa shape index (κ1) is 12.8. The van der Waals surface area contributed by atoms with Gasteiger partial charge in [-0.25, -0.2) is 4.39 Å². The van der Waals surface area contributed by atoms with E-state index in [9.17, 15) is 4.39 Å². The van der Waals surface area contributed by atoms with Gasteiger partial charge in [0.15, 0.2) is 0 Å². The van der Waals surface area contributed by atoms with E-state index in [0.717, 1.165) is 29.8 Å². The van der Waals surface area contributed by atoms with E-state index in [2.05, 4.69) is 40.6 Å². The average Bonchev–Trinajstić information content (AvgIpc) is 2.99. The van der Waals surface area contributed by atoms with E-state index in [4.69, 9.17) is 0 Å². The van der Waals surface area contributed by atoms with Crippen molar-refractivity contribution >= 4 is 0 Å². The van der Waals surface area contributed by atoms with Crippen molar-refractivity contribution in [1.29, 1.82) is 0 Å². The van der Waals surface area contributed by atoms with E-state index in [0.29, 0.717) is 0 Å². The molecule has 0 radical (unpaired) electrons. The van der Waals surface area contributed by atoms with Crippen LogP contribution in [0, 0.1) is 5.82 Å². The number of halogens is 1. The molecule has 2 aromatic rings. The van der Waals surface area contributed by atoms with Crippen LogP contribution >= 0.6 is 0 Å². The largest absolute Gasteiger partial charge is 0.207 e. The maximum Gasteiger partial charge on any atom is 0.123 e. The Kier molecular flexibility index (Phi) is 3.22. The molecule has 1 aromatic heterocycles. The summed E-state index contributed by atoms with van der Waals surface area (Å²) in [4.78, 5) is 0. The molecule has 3 rings (SSSR count). The third-order valence-electron chi connectivity index (χ3n) is 3.91. The van der Waals surface area contributed by atoms with Crippen molar-refractivity contribution in [3.8, 4) is 11.3 Å². The van der Waals surface area contributed by atoms with Crippen LogP contribution < -0.4 is 0 Å². The number of aromatic amines is 1. The Bertz CT molecular complexity index is 655. The van der Waals surface area contributed by atoms with E-state index < -0.39 is 0 Å². The Morgan fingerprint density at radius 1 is 1.20 bits per heavy atom. The van der Waals surface area contributed by atoms with E-state index in [1.165, 1.54) is 12.1 Å². The third kappa shape index (κ3) is 2.07. The van der Waals surface area contributed by atoms with Crippen molar-refractivity contribution in [1.82, 2.24) is 15.4 Å². The van der Waals surface area contributed by atoms with Gasteiger partial charge in [0.05, 0.1) is 0 Å². The summed E-state index contributed by atoms with van der Waals surface area (Å²) in [5.74, 6) is -0.246. The van der Waals surface area contributed by atoms with Gasteiger partial charge in [0.25, 0.3) is 0 Å². The van der Waals surface area contributed by atoms with Gasteiger partial charge in [-0.3, -0.25) is 0 Å². The van der Waals surface area contributed by atoms with E-state index in [1.54, 1.807) is 12.1 Å². The second-order valence-electron chi connectivity index (χ2n) is 5.03. The van der Waals surface area contributed by atoms with Gasteiger partial charge in [0.2, 0.25) is 0 Å². The second kappa shape index (κ2) is 5.04. The molecular weight excluding hydrogens is 253 g/mol. The highest BCUT2D eigenvalue weighted by Gasteiger charge is 2.33. The summed E-state index contributed by atoms with van der Waals surface area (Å²) in [6.07, 6.45) is 10.3. The molecule has 0 bridgehead atoms. The van der Waals surface area contributed by atoms with Crippen LogP contribution in [-0.4, -0.2) is 15.4 Å². The lowest BCUT2D eigenvalue weighted by Gasteiger charge is -2.28. The van der Waals surface area contributed by atoms with Crippen molar-refractivity contribution in [3.05, 3.63) is 60.1 Å². The van der Waals surface area contributed by atoms with Gasteiger partial charge in [0.1, 0.15) is 17.2 Å². The summed E-state index contributed by atoms with van der Waals surface area (Å²) in [6, 6.07) is 6.37. The number of hydrogen-bond acceptors (Lipinski definition) is 2. The van der Waals surface area contributed by atoms with Gasteiger partial charge >= 0.3 is 0 Å². The lowest BCUT2D eigenvalue weighted by molar-refractivity contribution is 0.502. The first-order valence-corrected chi connectivity index (χ1v) is 6.77. The van der Waals surface area contributed by atoms with Crippen LogP contribution in [0.1, 0.15) is 25.5 Å². The molecule has 1 aliphatic carbocycles. The fraction of sp³-hybridized carbons (Fsp3) is 0.250. The number of aromatic nitrogens is 3. The van der Waals surface area contributed by atoms with Crippen molar-refractivity contribution in [2.24, 2.45) is 0 Å². The van der Waals surface area contributed by atoms with Crippen LogP contribution in [0.2, 0.25) is 0 Å². The number of H-pyrrole nitrogens is 1. The van der Waals surface area contributed by atoms with Gasteiger partial charge in [-0.05, 0) is 37.1 Å². The Hall–Kier alpha value is -2.23. The summed E-state index contributed by atoms with van der Waals surface area (Å²) in [5.41, 5.74) is 2.47. The van der Waals surface area contributed by atoms with Crippen molar-refractivity contribution in [3.63, 3.8) is 0 Å². The summed E-state index contributed by atoms with van der Waals surface area (Å²) in [5, 5.41) is 11.4. The van der Waals surface area contributed by atoms with Crippen molar-refractivity contribution < 1.29 is 4.39 Å². The molecule has 1 unspecified atom stereocenters. The van der Waals surface area contributed by atoms with Crippen LogP contribution in [0.3, 0.4) is 0 Å². The zero-order chi connectivity index (χ0) is 14.0. The molecule has 1 heterocycles. The molecule has 0 spiro atoms. The molecule has 1 atom stereocenters. The lowest BCUT2D eigenvalue weighted by atomic mass is 9.75. The third-order valence-corrected chi connectivity index (χ3v) is 3.91. The summed E-state index contributed by atoms with van der Waals surface area (Å²) < 4.78 is 13.1. The normalized spacial score (nSPS) is 21.3. The molecule has 0 amide bonds. The van der Waals surface area contributed by atoms with Gasteiger partial charge in [-0.15, -0.1) is 0 Å². The predicted molar refractivity (Wildman–Crippen MR) is 76.6 cm³/mol. The maximum absolute atomic E-state index is 13.1. The predicted octanol–water partition coefficient (Wildman–Crippen LogP) is 3.77. The highest BCUT2D eigenvalue weighted by atomic mass is 19.1. The molecule has 0 saturated heterocycles. The Morgan fingerprint density at radius 2 is 2.00 bits per heavy atom. The summed E-state index contributed by atoms with van der Waals surface area (Å²) in [7, 11) is 0. The van der Waals surface area contributed by atoms with E-state index in [-0.39, 0.29) is 11.2 Å². The van der Waals surface area contributed by atoms with Crippen LogP contribution in [0.4, 0.5) is 4.39 Å². The molecule has 1 aliphatic rings. The number of benzene rings is 1. The summed E-state index contributed by atoms with van der Waals surface area (Å²) in [6.45, 7) is 2.15. The molecule has 0 aliphatic heterocycles. The molecule has 4 heteroatoms. The number of allylic oxidation sites excluding steroid dienone is 4. The van der Waals surface area contributed by atoms with E-state index >= 15 is 0 Å². The lowest BCUT2D eigenvalue weighted by Crippen LogP contribution is -2.24. The van der Waals surface area contributed by atoms with Gasteiger partial charge in [0, 0.05) is 11.0 Å². The number of rotatable bonds is 3. The van der Waals surface area contributed by atoms with Crippen molar-refractivity contribution in [2.45, 2.75) is 25.2 Å². The molecule has 0 fully saturated rings. The minimum absolute atomic E-state index is 0.133. The number of nitrogens with zero attached hydrogens (tertiary/aromatic N) is 2. The molecule has 102 valence electrons. The molecule has 0 saturated carbocycles.